The fourth-order valence-electron chi connectivity index (χ4n) is 3.57. The summed E-state index contributed by atoms with van der Waals surface area (Å²) < 4.78 is 5.16. The molecule has 0 saturated carbocycles. The van der Waals surface area contributed by atoms with Crippen LogP contribution in [0.1, 0.15) is 47.6 Å². The molecule has 0 aliphatic carbocycles. The molecule has 1 aliphatic heterocycles. The van der Waals surface area contributed by atoms with Crippen molar-refractivity contribution < 1.29 is 18.8 Å². The largest absolute Gasteiger partial charge is 0.459 e. The van der Waals surface area contributed by atoms with Crippen LogP contribution in [0.25, 0.3) is 0 Å². The standard InChI is InChI=1S/C22H27N3O4/c1-3-24(4-2)21(27)17-7-5-8-18(15-17)23-20(26)16-10-12-25(13-11-16)22(28)19-9-6-14-29-19/h5-9,14-16H,3-4,10-13H2,1-2H3,(H,23,26). The van der Waals surface area contributed by atoms with Gasteiger partial charge in [-0.1, -0.05) is 6.07 Å². The molecule has 29 heavy (non-hydrogen) atoms. The van der Waals surface area contributed by atoms with E-state index in [9.17, 15) is 14.4 Å². The zero-order valence-electron chi connectivity index (χ0n) is 16.9. The van der Waals surface area contributed by atoms with Gasteiger partial charge < -0.3 is 19.5 Å². The van der Waals surface area contributed by atoms with Crippen LogP contribution in [0.4, 0.5) is 5.69 Å². The van der Waals surface area contributed by atoms with E-state index in [1.165, 1.54) is 6.26 Å². The molecule has 7 heteroatoms. The van der Waals surface area contributed by atoms with Crippen LogP contribution < -0.4 is 5.32 Å². The molecule has 0 bridgehead atoms. The number of piperidine rings is 1. The van der Waals surface area contributed by atoms with E-state index in [-0.39, 0.29) is 23.6 Å². The molecule has 0 unspecified atom stereocenters. The van der Waals surface area contributed by atoms with Crippen LogP contribution in [0, 0.1) is 5.92 Å². The van der Waals surface area contributed by atoms with Gasteiger partial charge >= 0.3 is 0 Å². The SMILES string of the molecule is CCN(CC)C(=O)c1cccc(NC(=O)C2CCN(C(=O)c3ccco3)CC2)c1. The molecule has 3 amide bonds. The zero-order chi connectivity index (χ0) is 20.8. The van der Waals surface area contributed by atoms with Gasteiger partial charge in [-0.25, -0.2) is 0 Å². The van der Waals surface area contributed by atoms with E-state index in [1.807, 2.05) is 13.8 Å². The fourth-order valence-corrected chi connectivity index (χ4v) is 3.57. The van der Waals surface area contributed by atoms with Crippen LogP contribution in [-0.2, 0) is 4.79 Å². The van der Waals surface area contributed by atoms with Crippen LogP contribution in [0.3, 0.4) is 0 Å². The van der Waals surface area contributed by atoms with Gasteiger partial charge in [0.05, 0.1) is 6.26 Å². The van der Waals surface area contributed by atoms with Gasteiger partial charge in [-0.3, -0.25) is 14.4 Å². The molecule has 7 nitrogen and oxygen atoms in total. The quantitative estimate of drug-likeness (QED) is 0.811. The number of nitrogens with zero attached hydrogens (tertiary/aromatic N) is 2. The molecule has 0 radical (unpaired) electrons. The zero-order valence-corrected chi connectivity index (χ0v) is 16.9. The maximum Gasteiger partial charge on any atom is 0.289 e. The average molecular weight is 397 g/mol. The Morgan fingerprint density at radius 1 is 1.10 bits per heavy atom. The lowest BCUT2D eigenvalue weighted by atomic mass is 9.95. The minimum Gasteiger partial charge on any atom is -0.459 e. The first kappa shape index (κ1) is 20.6. The summed E-state index contributed by atoms with van der Waals surface area (Å²) in [5, 5.41) is 2.92. The normalized spacial score (nSPS) is 14.5. The number of amides is 3. The molecule has 1 fully saturated rings. The molecule has 1 aromatic heterocycles. The fraction of sp³-hybridized carbons (Fsp3) is 0.409. The second-order valence-electron chi connectivity index (χ2n) is 7.09. The molecule has 154 valence electrons. The summed E-state index contributed by atoms with van der Waals surface area (Å²) in [7, 11) is 0. The molecule has 1 aliphatic rings. The van der Waals surface area contributed by atoms with Crippen LogP contribution in [0.5, 0.6) is 0 Å². The van der Waals surface area contributed by atoms with Crippen molar-refractivity contribution in [2.24, 2.45) is 5.92 Å². The highest BCUT2D eigenvalue weighted by atomic mass is 16.3. The number of hydrogen-bond donors (Lipinski definition) is 1. The number of furan rings is 1. The third-order valence-electron chi connectivity index (χ3n) is 5.31. The summed E-state index contributed by atoms with van der Waals surface area (Å²) in [6, 6.07) is 10.4. The minimum absolute atomic E-state index is 0.0455. The highest BCUT2D eigenvalue weighted by molar-refractivity contribution is 5.98. The molecule has 3 rings (SSSR count). The molecule has 1 saturated heterocycles. The average Bonchev–Trinajstić information content (AvgIpc) is 3.29. The lowest BCUT2D eigenvalue weighted by molar-refractivity contribution is -0.121. The van der Waals surface area contributed by atoms with Crippen LogP contribution >= 0.6 is 0 Å². The second kappa shape index (κ2) is 9.41. The van der Waals surface area contributed by atoms with Crippen molar-refractivity contribution in [2.45, 2.75) is 26.7 Å². The topological polar surface area (TPSA) is 82.9 Å². The van der Waals surface area contributed by atoms with E-state index in [0.29, 0.717) is 56.0 Å². The second-order valence-corrected chi connectivity index (χ2v) is 7.09. The summed E-state index contributed by atoms with van der Waals surface area (Å²) in [5.74, 6) is -0.116. The first-order valence-corrected chi connectivity index (χ1v) is 10.1. The third-order valence-corrected chi connectivity index (χ3v) is 5.31. The molecular formula is C22H27N3O4. The number of benzene rings is 1. The van der Waals surface area contributed by atoms with Crippen molar-refractivity contribution in [3.8, 4) is 0 Å². The van der Waals surface area contributed by atoms with E-state index in [2.05, 4.69) is 5.32 Å². The maximum atomic E-state index is 12.7. The molecule has 0 atom stereocenters. The van der Waals surface area contributed by atoms with Gasteiger partial charge in [0, 0.05) is 43.3 Å². The minimum atomic E-state index is -0.169. The van der Waals surface area contributed by atoms with Crippen LogP contribution in [0.2, 0.25) is 0 Å². The Morgan fingerprint density at radius 2 is 1.83 bits per heavy atom. The van der Waals surface area contributed by atoms with E-state index in [0.717, 1.165) is 0 Å². The van der Waals surface area contributed by atoms with E-state index in [1.54, 1.807) is 46.2 Å². The predicted molar refractivity (Wildman–Crippen MR) is 110 cm³/mol. The van der Waals surface area contributed by atoms with Crippen molar-refractivity contribution in [3.63, 3.8) is 0 Å². The van der Waals surface area contributed by atoms with E-state index < -0.39 is 0 Å². The number of likely N-dealkylation sites (tertiary alicyclic amines) is 1. The van der Waals surface area contributed by atoms with Crippen molar-refractivity contribution in [1.29, 1.82) is 0 Å². The smallest absolute Gasteiger partial charge is 0.289 e. The monoisotopic (exact) mass is 397 g/mol. The maximum absolute atomic E-state index is 12.7. The first-order chi connectivity index (χ1) is 14.0. The molecule has 1 N–H and O–H groups in total. The molecular weight excluding hydrogens is 370 g/mol. The van der Waals surface area contributed by atoms with Crippen molar-refractivity contribution in [2.75, 3.05) is 31.5 Å². The Morgan fingerprint density at radius 3 is 2.45 bits per heavy atom. The molecule has 0 spiro atoms. The highest BCUT2D eigenvalue weighted by Gasteiger charge is 2.28. The van der Waals surface area contributed by atoms with Gasteiger partial charge in [0.25, 0.3) is 11.8 Å². The molecule has 2 aromatic rings. The van der Waals surface area contributed by atoms with E-state index in [4.69, 9.17) is 4.42 Å². The van der Waals surface area contributed by atoms with Gasteiger partial charge in [0.15, 0.2) is 5.76 Å². The Labute approximate surface area is 170 Å². The Bertz CT molecular complexity index is 851. The Kier molecular flexibility index (Phi) is 6.69. The van der Waals surface area contributed by atoms with Crippen molar-refractivity contribution in [3.05, 3.63) is 54.0 Å². The van der Waals surface area contributed by atoms with Gasteiger partial charge in [-0.2, -0.15) is 0 Å². The Hall–Kier alpha value is -3.09. The summed E-state index contributed by atoms with van der Waals surface area (Å²) in [6.07, 6.45) is 2.67. The first-order valence-electron chi connectivity index (χ1n) is 10.1. The van der Waals surface area contributed by atoms with Gasteiger partial charge in [-0.15, -0.1) is 0 Å². The summed E-state index contributed by atoms with van der Waals surface area (Å²) in [4.78, 5) is 41.0. The number of hydrogen-bond acceptors (Lipinski definition) is 4. The number of rotatable bonds is 6. The number of carbonyl (C=O) groups is 3. The van der Waals surface area contributed by atoms with E-state index >= 15 is 0 Å². The third kappa shape index (κ3) is 4.85. The predicted octanol–water partition coefficient (Wildman–Crippen LogP) is 3.25. The summed E-state index contributed by atoms with van der Waals surface area (Å²) in [6.45, 7) is 6.19. The van der Waals surface area contributed by atoms with Crippen LogP contribution in [-0.4, -0.2) is 53.7 Å². The Balaban J connectivity index is 1.57. The van der Waals surface area contributed by atoms with Gasteiger partial charge in [0.1, 0.15) is 0 Å². The van der Waals surface area contributed by atoms with Gasteiger partial charge in [-0.05, 0) is 57.0 Å². The lowest BCUT2D eigenvalue weighted by Gasteiger charge is -2.30. The van der Waals surface area contributed by atoms with Crippen molar-refractivity contribution >= 4 is 23.4 Å². The highest BCUT2D eigenvalue weighted by Crippen LogP contribution is 2.22. The van der Waals surface area contributed by atoms with Crippen LogP contribution in [0.15, 0.2) is 47.1 Å². The molecule has 1 aromatic carbocycles. The lowest BCUT2D eigenvalue weighted by Crippen LogP contribution is -2.41. The number of nitrogens with one attached hydrogen (secondary N) is 1. The summed E-state index contributed by atoms with van der Waals surface area (Å²) >= 11 is 0. The molecule has 2 heterocycles. The van der Waals surface area contributed by atoms with Gasteiger partial charge in [0.2, 0.25) is 5.91 Å². The summed E-state index contributed by atoms with van der Waals surface area (Å²) in [5.41, 5.74) is 1.17. The number of anilines is 1. The van der Waals surface area contributed by atoms with Crippen molar-refractivity contribution in [1.82, 2.24) is 9.80 Å². The number of carbonyl (C=O) groups excluding carboxylic acids is 3.